The molecule has 0 saturated carbocycles. The molecule has 0 aromatic heterocycles. The monoisotopic (exact) mass is 874 g/mol. The molecule has 67 heavy (non-hydrogen) atoms. The lowest BCUT2D eigenvalue weighted by molar-refractivity contribution is 0.627. The van der Waals surface area contributed by atoms with Crippen LogP contribution >= 0.6 is 0 Å². The highest BCUT2D eigenvalue weighted by atomic mass is 19.1. The Labute approximate surface area is 385 Å². The van der Waals surface area contributed by atoms with E-state index in [9.17, 15) is 17.6 Å². The Morgan fingerprint density at radius 1 is 0.239 bits per heavy atom. The average Bonchev–Trinajstić information content (AvgIpc) is 3.83. The molecule has 1 spiro atoms. The molecule has 2 nitrogen and oxygen atoms in total. The van der Waals surface area contributed by atoms with Crippen molar-refractivity contribution in [3.8, 4) is 44.5 Å². The Balaban J connectivity index is 0.964. The predicted octanol–water partition coefficient (Wildman–Crippen LogP) is 16.9. The molecular weight excluding hydrogens is 837 g/mol. The topological polar surface area (TPSA) is 6.48 Å². The number of fused-ring (bicyclic) bond motifs is 10. The van der Waals surface area contributed by atoms with Crippen molar-refractivity contribution in [1.82, 2.24) is 0 Å². The summed E-state index contributed by atoms with van der Waals surface area (Å²) in [7, 11) is 0. The van der Waals surface area contributed by atoms with Gasteiger partial charge in [-0.1, -0.05) is 97.1 Å². The van der Waals surface area contributed by atoms with Gasteiger partial charge in [0.05, 0.1) is 5.41 Å². The van der Waals surface area contributed by atoms with E-state index >= 15 is 0 Å². The fourth-order valence-electron chi connectivity index (χ4n) is 10.4. The zero-order chi connectivity index (χ0) is 45.2. The van der Waals surface area contributed by atoms with Crippen molar-refractivity contribution < 1.29 is 17.6 Å². The number of anilines is 6. The van der Waals surface area contributed by atoms with Crippen LogP contribution in [-0.4, -0.2) is 0 Å². The summed E-state index contributed by atoms with van der Waals surface area (Å²) in [6, 6.07) is 73.0. The van der Waals surface area contributed by atoms with E-state index < -0.39 is 5.41 Å². The van der Waals surface area contributed by atoms with E-state index in [0.717, 1.165) is 56.4 Å². The normalized spacial score (nSPS) is 12.6. The van der Waals surface area contributed by atoms with Crippen LogP contribution in [0, 0.1) is 23.3 Å². The van der Waals surface area contributed by atoms with Crippen molar-refractivity contribution in [1.29, 1.82) is 0 Å². The van der Waals surface area contributed by atoms with Gasteiger partial charge in [0, 0.05) is 34.1 Å². The van der Waals surface area contributed by atoms with Gasteiger partial charge >= 0.3 is 0 Å². The number of hydrogen-bond acceptors (Lipinski definition) is 2. The number of hydrogen-bond donors (Lipinski definition) is 0. The second kappa shape index (κ2) is 15.9. The van der Waals surface area contributed by atoms with Gasteiger partial charge in [0.2, 0.25) is 0 Å². The minimum absolute atomic E-state index is 0.330. The molecule has 0 unspecified atom stereocenters. The molecule has 10 aromatic rings. The van der Waals surface area contributed by atoms with Crippen LogP contribution in [0.15, 0.2) is 231 Å². The van der Waals surface area contributed by atoms with Crippen molar-refractivity contribution in [2.45, 2.75) is 5.41 Å². The standard InChI is InChI=1S/C61H38F4N2/c62-43-15-27-49(28-16-43)66(50-29-17-44(63)18-30-50)47-23-9-39(10-24-47)41-13-35-55-56-36-14-42(38-60(56)61(59(55)37-41)57-7-3-1-5-53(57)54-6-2-4-8-58(54)61)40-11-25-48(26-12-40)67(51-31-19-45(64)20-32-51)52-33-21-46(65)22-34-52/h1-38H. The molecule has 0 amide bonds. The van der Waals surface area contributed by atoms with Gasteiger partial charge in [0.25, 0.3) is 0 Å². The third kappa shape index (κ3) is 6.63. The molecule has 0 heterocycles. The lowest BCUT2D eigenvalue weighted by Crippen LogP contribution is -2.26. The first-order valence-corrected chi connectivity index (χ1v) is 22.2. The molecule has 12 rings (SSSR count). The Morgan fingerprint density at radius 2 is 0.493 bits per heavy atom. The molecule has 320 valence electrons. The predicted molar refractivity (Wildman–Crippen MR) is 263 cm³/mol. The summed E-state index contributed by atoms with van der Waals surface area (Å²) < 4.78 is 56.3. The van der Waals surface area contributed by atoms with Crippen LogP contribution in [0.3, 0.4) is 0 Å². The molecule has 0 saturated heterocycles. The molecule has 0 fully saturated rings. The van der Waals surface area contributed by atoms with E-state index in [1.165, 1.54) is 93.0 Å². The third-order valence-electron chi connectivity index (χ3n) is 13.3. The first-order valence-electron chi connectivity index (χ1n) is 22.2. The molecule has 10 aromatic carbocycles. The van der Waals surface area contributed by atoms with Crippen LogP contribution in [-0.2, 0) is 5.41 Å². The van der Waals surface area contributed by atoms with Gasteiger partial charge in [-0.15, -0.1) is 0 Å². The summed E-state index contributed by atoms with van der Waals surface area (Å²) in [5, 5.41) is 0. The molecule has 2 aliphatic rings. The zero-order valence-electron chi connectivity index (χ0n) is 35.8. The summed E-state index contributed by atoms with van der Waals surface area (Å²) in [6.07, 6.45) is 0. The third-order valence-corrected chi connectivity index (χ3v) is 13.3. The Bertz CT molecular complexity index is 3150. The summed E-state index contributed by atoms with van der Waals surface area (Å²) in [5.74, 6) is -1.32. The first kappa shape index (κ1) is 40.1. The quantitative estimate of drug-likeness (QED) is 0.140. The molecule has 0 aliphatic heterocycles. The first-order chi connectivity index (χ1) is 32.8. The molecule has 2 aliphatic carbocycles. The molecule has 0 radical (unpaired) electrons. The summed E-state index contributed by atoms with van der Waals surface area (Å²) in [6.45, 7) is 0. The van der Waals surface area contributed by atoms with Crippen LogP contribution in [0.1, 0.15) is 22.3 Å². The number of nitrogens with zero attached hydrogens (tertiary/aromatic N) is 2. The van der Waals surface area contributed by atoms with Gasteiger partial charge < -0.3 is 9.80 Å². The average molecular weight is 875 g/mol. The van der Waals surface area contributed by atoms with Gasteiger partial charge in [0.1, 0.15) is 23.3 Å². The van der Waals surface area contributed by atoms with Gasteiger partial charge in [-0.25, -0.2) is 17.6 Å². The summed E-state index contributed by atoms with van der Waals surface area (Å²) in [5.41, 5.74) is 18.0. The van der Waals surface area contributed by atoms with Crippen molar-refractivity contribution in [3.63, 3.8) is 0 Å². The minimum Gasteiger partial charge on any atom is -0.310 e. The molecule has 0 N–H and O–H groups in total. The highest BCUT2D eigenvalue weighted by molar-refractivity contribution is 5.97. The van der Waals surface area contributed by atoms with Crippen LogP contribution in [0.5, 0.6) is 0 Å². The van der Waals surface area contributed by atoms with Gasteiger partial charge in [-0.05, 0) is 200 Å². The largest absolute Gasteiger partial charge is 0.310 e. The van der Waals surface area contributed by atoms with Crippen LogP contribution < -0.4 is 9.80 Å². The summed E-state index contributed by atoms with van der Waals surface area (Å²) in [4.78, 5) is 3.98. The molecule has 0 bridgehead atoms. The van der Waals surface area contributed by atoms with Crippen LogP contribution in [0.2, 0.25) is 0 Å². The van der Waals surface area contributed by atoms with E-state index in [0.29, 0.717) is 0 Å². The van der Waals surface area contributed by atoms with E-state index in [2.05, 4.69) is 133 Å². The highest BCUT2D eigenvalue weighted by Crippen LogP contribution is 2.63. The Hall–Kier alpha value is -8.48. The maximum absolute atomic E-state index is 14.1. The van der Waals surface area contributed by atoms with Crippen molar-refractivity contribution in [2.75, 3.05) is 9.80 Å². The SMILES string of the molecule is Fc1ccc(N(c2ccc(F)cc2)c2ccc(-c3ccc4c(c3)C3(c5ccccc5-c5ccccc53)c3cc(-c5ccc(N(c6ccc(F)cc6)c6ccc(F)cc6)cc5)ccc3-4)cc2)cc1. The van der Waals surface area contributed by atoms with Gasteiger partial charge in [-0.2, -0.15) is 0 Å². The molecule has 6 heteroatoms. The summed E-state index contributed by atoms with van der Waals surface area (Å²) >= 11 is 0. The lowest BCUT2D eigenvalue weighted by atomic mass is 9.70. The Morgan fingerprint density at radius 3 is 0.806 bits per heavy atom. The second-order valence-electron chi connectivity index (χ2n) is 17.0. The maximum Gasteiger partial charge on any atom is 0.123 e. The fourth-order valence-corrected chi connectivity index (χ4v) is 10.4. The lowest BCUT2D eigenvalue weighted by Gasteiger charge is -2.31. The van der Waals surface area contributed by atoms with Crippen molar-refractivity contribution >= 4 is 34.1 Å². The zero-order valence-corrected chi connectivity index (χ0v) is 35.8. The second-order valence-corrected chi connectivity index (χ2v) is 17.0. The number of rotatable bonds is 8. The smallest absolute Gasteiger partial charge is 0.123 e. The highest BCUT2D eigenvalue weighted by Gasteiger charge is 2.51. The maximum atomic E-state index is 14.1. The van der Waals surface area contributed by atoms with E-state index in [1.807, 2.05) is 9.80 Å². The van der Waals surface area contributed by atoms with E-state index in [4.69, 9.17) is 0 Å². The van der Waals surface area contributed by atoms with E-state index in [1.54, 1.807) is 48.5 Å². The number of halogens is 4. The fraction of sp³-hybridized carbons (Fsp3) is 0.0164. The number of benzene rings is 10. The van der Waals surface area contributed by atoms with Gasteiger partial charge in [-0.3, -0.25) is 0 Å². The van der Waals surface area contributed by atoms with Crippen molar-refractivity contribution in [2.24, 2.45) is 0 Å². The molecule has 0 atom stereocenters. The minimum atomic E-state index is -0.603. The Kier molecular flexibility index (Phi) is 9.50. The molecular formula is C61H38F4N2. The van der Waals surface area contributed by atoms with Crippen LogP contribution in [0.4, 0.5) is 51.7 Å². The van der Waals surface area contributed by atoms with Gasteiger partial charge in [0.15, 0.2) is 0 Å². The van der Waals surface area contributed by atoms with Crippen molar-refractivity contribution in [3.05, 3.63) is 276 Å². The van der Waals surface area contributed by atoms with E-state index in [-0.39, 0.29) is 23.3 Å². The van der Waals surface area contributed by atoms with Crippen LogP contribution in [0.25, 0.3) is 44.5 Å².